The lowest BCUT2D eigenvalue weighted by Gasteiger charge is -2.38. The number of hydrogen-bond donors (Lipinski definition) is 2. The number of anilines is 1. The van der Waals surface area contributed by atoms with Crippen molar-refractivity contribution in [3.8, 4) is 11.5 Å². The summed E-state index contributed by atoms with van der Waals surface area (Å²) in [5.74, 6) is 0.118. The van der Waals surface area contributed by atoms with Gasteiger partial charge in [0.05, 0.1) is 17.2 Å². The maximum Gasteiger partial charge on any atom is 0.258 e. The molecule has 1 aliphatic rings. The van der Waals surface area contributed by atoms with E-state index in [0.29, 0.717) is 24.5 Å². The van der Waals surface area contributed by atoms with Gasteiger partial charge in [-0.05, 0) is 36.8 Å². The highest BCUT2D eigenvalue weighted by atomic mass is 35.5. The van der Waals surface area contributed by atoms with Crippen molar-refractivity contribution in [3.05, 3.63) is 88.4 Å². The lowest BCUT2D eigenvalue weighted by atomic mass is 10.0. The molecule has 6 heteroatoms. The molecule has 0 radical (unpaired) electrons. The van der Waals surface area contributed by atoms with Gasteiger partial charge in [-0.3, -0.25) is 4.79 Å². The first-order chi connectivity index (χ1) is 14.1. The molecule has 29 heavy (non-hydrogen) atoms. The zero-order chi connectivity index (χ0) is 20.4. The van der Waals surface area contributed by atoms with E-state index in [-0.39, 0.29) is 16.7 Å². The maximum atomic E-state index is 13.3. The fourth-order valence-corrected chi connectivity index (χ4v) is 3.74. The molecule has 3 aromatic rings. The molecule has 1 amide bonds. The first kappa shape index (κ1) is 19.2. The Hall–Kier alpha value is -3.18. The van der Waals surface area contributed by atoms with Gasteiger partial charge in [0.1, 0.15) is 6.17 Å². The molecule has 0 saturated carbocycles. The van der Waals surface area contributed by atoms with Crippen molar-refractivity contribution in [2.24, 2.45) is 0 Å². The second-order valence-corrected chi connectivity index (χ2v) is 7.20. The van der Waals surface area contributed by atoms with E-state index in [2.05, 4.69) is 5.32 Å². The van der Waals surface area contributed by atoms with Crippen LogP contribution >= 0.6 is 11.6 Å². The predicted octanol–water partition coefficient (Wildman–Crippen LogP) is 5.21. The van der Waals surface area contributed by atoms with E-state index >= 15 is 0 Å². The van der Waals surface area contributed by atoms with Crippen LogP contribution in [0.2, 0.25) is 5.02 Å². The van der Waals surface area contributed by atoms with Crippen molar-refractivity contribution >= 4 is 23.2 Å². The SMILES string of the molecule is CCOc1cc([C@@H]2Nc3ccccc3C(=O)N2Cc2ccccc2)cc(Cl)c1O. The van der Waals surface area contributed by atoms with E-state index in [1.54, 1.807) is 17.0 Å². The number of carbonyl (C=O) groups excluding carboxylic acids is 1. The van der Waals surface area contributed by atoms with E-state index in [9.17, 15) is 9.90 Å². The lowest BCUT2D eigenvalue weighted by Crippen LogP contribution is -2.42. The molecule has 0 spiro atoms. The zero-order valence-electron chi connectivity index (χ0n) is 15.9. The number of rotatable bonds is 5. The van der Waals surface area contributed by atoms with Crippen molar-refractivity contribution < 1.29 is 14.6 Å². The van der Waals surface area contributed by atoms with Crippen molar-refractivity contribution in [2.45, 2.75) is 19.6 Å². The largest absolute Gasteiger partial charge is 0.503 e. The number of phenols is 1. The van der Waals surface area contributed by atoms with Gasteiger partial charge in [-0.25, -0.2) is 0 Å². The van der Waals surface area contributed by atoms with Gasteiger partial charge >= 0.3 is 0 Å². The number of hydrogen-bond acceptors (Lipinski definition) is 4. The summed E-state index contributed by atoms with van der Waals surface area (Å²) >= 11 is 6.26. The van der Waals surface area contributed by atoms with E-state index in [4.69, 9.17) is 16.3 Å². The average Bonchev–Trinajstić information content (AvgIpc) is 2.74. The number of para-hydroxylation sites is 1. The summed E-state index contributed by atoms with van der Waals surface area (Å²) in [6.07, 6.45) is -0.463. The Bertz CT molecular complexity index is 1040. The van der Waals surface area contributed by atoms with E-state index in [0.717, 1.165) is 16.8 Å². The highest BCUT2D eigenvalue weighted by Gasteiger charge is 2.33. The monoisotopic (exact) mass is 408 g/mol. The summed E-state index contributed by atoms with van der Waals surface area (Å²) in [7, 11) is 0. The number of halogens is 1. The highest BCUT2D eigenvalue weighted by Crippen LogP contribution is 2.41. The van der Waals surface area contributed by atoms with E-state index in [1.807, 2.05) is 61.5 Å². The molecule has 1 atom stereocenters. The molecular formula is C23H21ClN2O3. The summed E-state index contributed by atoms with van der Waals surface area (Å²) in [5, 5.41) is 13.8. The molecule has 0 saturated heterocycles. The van der Waals surface area contributed by atoms with Gasteiger partial charge in [0.2, 0.25) is 0 Å². The van der Waals surface area contributed by atoms with Gasteiger partial charge in [-0.1, -0.05) is 54.1 Å². The maximum absolute atomic E-state index is 13.3. The molecule has 148 valence electrons. The Balaban J connectivity index is 1.79. The van der Waals surface area contributed by atoms with Crippen molar-refractivity contribution in [1.82, 2.24) is 4.90 Å². The van der Waals surface area contributed by atoms with Gasteiger partial charge in [0, 0.05) is 17.8 Å². The van der Waals surface area contributed by atoms with Gasteiger partial charge in [0.25, 0.3) is 5.91 Å². The standard InChI is InChI=1S/C23H21ClN2O3/c1-2-29-20-13-16(12-18(24)21(20)27)22-25-19-11-7-6-10-17(19)23(28)26(22)14-15-8-4-3-5-9-15/h3-13,22,25,27H,2,14H2,1H3/t22-/m1/s1. The molecular weight excluding hydrogens is 388 g/mol. The quantitative estimate of drug-likeness (QED) is 0.608. The van der Waals surface area contributed by atoms with Crippen molar-refractivity contribution in [1.29, 1.82) is 0 Å². The van der Waals surface area contributed by atoms with Crippen LogP contribution in [-0.2, 0) is 6.54 Å². The van der Waals surface area contributed by atoms with Crippen molar-refractivity contribution in [3.63, 3.8) is 0 Å². The number of ether oxygens (including phenoxy) is 1. The second-order valence-electron chi connectivity index (χ2n) is 6.79. The van der Waals surface area contributed by atoms with Gasteiger partial charge in [-0.2, -0.15) is 0 Å². The minimum absolute atomic E-state index is 0.0737. The van der Waals surface area contributed by atoms with Crippen LogP contribution in [0.25, 0.3) is 0 Å². The Morgan fingerprint density at radius 2 is 1.83 bits per heavy atom. The molecule has 4 rings (SSSR count). The minimum atomic E-state index is -0.463. The van der Waals surface area contributed by atoms with Gasteiger partial charge in [0.15, 0.2) is 11.5 Å². The molecule has 1 heterocycles. The summed E-state index contributed by atoms with van der Waals surface area (Å²) < 4.78 is 5.53. The third-order valence-corrected chi connectivity index (χ3v) is 5.17. The van der Waals surface area contributed by atoms with Gasteiger partial charge in [-0.15, -0.1) is 0 Å². The van der Waals surface area contributed by atoms with Crippen LogP contribution in [0, 0.1) is 0 Å². The van der Waals surface area contributed by atoms with E-state index < -0.39 is 6.17 Å². The summed E-state index contributed by atoms with van der Waals surface area (Å²) in [5.41, 5.74) is 3.13. The topological polar surface area (TPSA) is 61.8 Å². The Kier molecular flexibility index (Phi) is 5.32. The summed E-state index contributed by atoms with van der Waals surface area (Å²) in [6, 6.07) is 20.6. The fraction of sp³-hybridized carbons (Fsp3) is 0.174. The normalized spacial score (nSPS) is 15.6. The summed E-state index contributed by atoms with van der Waals surface area (Å²) in [4.78, 5) is 15.1. The minimum Gasteiger partial charge on any atom is -0.503 e. The van der Waals surface area contributed by atoms with Crippen LogP contribution < -0.4 is 10.1 Å². The van der Waals surface area contributed by atoms with Crippen LogP contribution in [0.4, 0.5) is 5.69 Å². The molecule has 0 fully saturated rings. The average molecular weight is 409 g/mol. The number of aromatic hydroxyl groups is 1. The van der Waals surface area contributed by atoms with Crippen LogP contribution in [0.3, 0.4) is 0 Å². The first-order valence-electron chi connectivity index (χ1n) is 9.44. The molecule has 0 bridgehead atoms. The third-order valence-electron chi connectivity index (χ3n) is 4.88. The van der Waals surface area contributed by atoms with E-state index in [1.165, 1.54) is 0 Å². The van der Waals surface area contributed by atoms with Crippen molar-refractivity contribution in [2.75, 3.05) is 11.9 Å². The molecule has 3 aromatic carbocycles. The highest BCUT2D eigenvalue weighted by molar-refractivity contribution is 6.32. The molecule has 1 aliphatic heterocycles. The van der Waals surface area contributed by atoms with Gasteiger partial charge < -0.3 is 20.1 Å². The Morgan fingerprint density at radius 1 is 1.10 bits per heavy atom. The number of benzene rings is 3. The fourth-order valence-electron chi connectivity index (χ4n) is 3.52. The number of amides is 1. The molecule has 0 aliphatic carbocycles. The number of nitrogens with one attached hydrogen (secondary N) is 1. The second kappa shape index (κ2) is 8.05. The van der Waals surface area contributed by atoms with Crippen LogP contribution in [-0.4, -0.2) is 22.5 Å². The Morgan fingerprint density at radius 3 is 2.59 bits per heavy atom. The number of carbonyl (C=O) groups is 1. The molecule has 5 nitrogen and oxygen atoms in total. The van der Waals surface area contributed by atoms with Crippen LogP contribution in [0.1, 0.15) is 34.6 Å². The lowest BCUT2D eigenvalue weighted by molar-refractivity contribution is 0.0666. The molecule has 0 unspecified atom stereocenters. The number of nitrogens with zero attached hydrogens (tertiary/aromatic N) is 1. The smallest absolute Gasteiger partial charge is 0.258 e. The number of fused-ring (bicyclic) bond motifs is 1. The first-order valence-corrected chi connectivity index (χ1v) is 9.82. The predicted molar refractivity (Wildman–Crippen MR) is 113 cm³/mol. The zero-order valence-corrected chi connectivity index (χ0v) is 16.7. The summed E-state index contributed by atoms with van der Waals surface area (Å²) in [6.45, 7) is 2.65. The third kappa shape index (κ3) is 3.74. The van der Waals surface area contributed by atoms with Crippen LogP contribution in [0.5, 0.6) is 11.5 Å². The molecule has 2 N–H and O–H groups in total. The Labute approximate surface area is 174 Å². The molecule has 0 aromatic heterocycles. The number of phenolic OH excluding ortho intramolecular Hbond substituents is 1. The van der Waals surface area contributed by atoms with Crippen LogP contribution in [0.15, 0.2) is 66.7 Å².